The Morgan fingerprint density at radius 3 is 2.76 bits per heavy atom. The van der Waals surface area contributed by atoms with Crippen LogP contribution in [0.2, 0.25) is 0 Å². The zero-order chi connectivity index (χ0) is 12.3. The van der Waals surface area contributed by atoms with Crippen LogP contribution in [0.25, 0.3) is 0 Å². The number of anilines is 1. The molecule has 17 heavy (non-hydrogen) atoms. The van der Waals surface area contributed by atoms with E-state index in [4.69, 9.17) is 0 Å². The van der Waals surface area contributed by atoms with Crippen LogP contribution in [0, 0.1) is 11.7 Å². The second-order valence-electron chi connectivity index (χ2n) is 5.27. The number of nitrogens with one attached hydrogen (secondary N) is 1. The van der Waals surface area contributed by atoms with E-state index in [9.17, 15) is 4.39 Å². The predicted octanol–water partition coefficient (Wildman–Crippen LogP) is 3.95. The molecule has 0 atom stereocenters. The van der Waals surface area contributed by atoms with Crippen molar-refractivity contribution in [3.8, 4) is 0 Å². The molecule has 0 bridgehead atoms. The number of hydrogen-bond donors (Lipinski definition) is 1. The van der Waals surface area contributed by atoms with E-state index in [-0.39, 0.29) is 5.82 Å². The maximum absolute atomic E-state index is 13.2. The third kappa shape index (κ3) is 3.18. The summed E-state index contributed by atoms with van der Waals surface area (Å²) in [5.41, 5.74) is 1.83. The Hall–Kier alpha value is -1.12. The fraction of sp³-hybridized carbons (Fsp3) is 0.643. The van der Waals surface area contributed by atoms with Crippen LogP contribution >= 0.6 is 0 Å². The van der Waals surface area contributed by atoms with Crippen LogP contribution in [0.5, 0.6) is 0 Å². The van der Waals surface area contributed by atoms with Gasteiger partial charge in [-0.15, -0.1) is 0 Å². The molecule has 0 radical (unpaired) electrons. The molecule has 1 aromatic heterocycles. The maximum atomic E-state index is 13.2. The molecular weight excluding hydrogens is 215 g/mol. The van der Waals surface area contributed by atoms with E-state index < -0.39 is 0 Å². The molecule has 0 spiro atoms. The molecule has 1 saturated carbocycles. The van der Waals surface area contributed by atoms with Gasteiger partial charge in [-0.25, -0.2) is 4.39 Å². The minimum absolute atomic E-state index is 0.261. The molecule has 0 aliphatic heterocycles. The number of pyridine rings is 1. The molecule has 1 N–H and O–H groups in total. The lowest BCUT2D eigenvalue weighted by Crippen LogP contribution is -2.13. The highest BCUT2D eigenvalue weighted by Crippen LogP contribution is 2.27. The Kier molecular flexibility index (Phi) is 3.97. The van der Waals surface area contributed by atoms with Gasteiger partial charge in [-0.1, -0.05) is 26.7 Å². The summed E-state index contributed by atoms with van der Waals surface area (Å²) in [7, 11) is 0. The standard InChI is InChI=1S/C14H21FN2/c1-10(2)14-13(7-12(15)9-17-14)16-8-11-5-3-4-6-11/h7,9-11,16H,3-6,8H2,1-2H3. The molecule has 1 heterocycles. The SMILES string of the molecule is CC(C)c1ncc(F)cc1NCC1CCCC1. The maximum Gasteiger partial charge on any atom is 0.143 e. The minimum atomic E-state index is -0.261. The molecule has 94 valence electrons. The monoisotopic (exact) mass is 236 g/mol. The number of halogens is 1. The Morgan fingerprint density at radius 2 is 2.12 bits per heavy atom. The first kappa shape index (κ1) is 12.3. The summed E-state index contributed by atoms with van der Waals surface area (Å²) in [4.78, 5) is 4.19. The second-order valence-corrected chi connectivity index (χ2v) is 5.27. The smallest absolute Gasteiger partial charge is 0.143 e. The molecule has 0 saturated heterocycles. The van der Waals surface area contributed by atoms with Crippen LogP contribution in [-0.4, -0.2) is 11.5 Å². The first-order valence-electron chi connectivity index (χ1n) is 6.56. The molecule has 2 rings (SSSR count). The number of rotatable bonds is 4. The van der Waals surface area contributed by atoms with Crippen molar-refractivity contribution in [1.29, 1.82) is 0 Å². The fourth-order valence-electron chi connectivity index (χ4n) is 2.52. The van der Waals surface area contributed by atoms with Crippen molar-refractivity contribution < 1.29 is 4.39 Å². The molecule has 1 aromatic rings. The second kappa shape index (κ2) is 5.48. The highest BCUT2D eigenvalue weighted by Gasteiger charge is 2.16. The summed E-state index contributed by atoms with van der Waals surface area (Å²) in [6.45, 7) is 5.12. The molecule has 0 unspecified atom stereocenters. The van der Waals surface area contributed by atoms with Crippen LogP contribution in [0.1, 0.15) is 51.1 Å². The third-order valence-corrected chi connectivity index (χ3v) is 3.49. The third-order valence-electron chi connectivity index (χ3n) is 3.49. The first-order valence-corrected chi connectivity index (χ1v) is 6.56. The summed E-state index contributed by atoms with van der Waals surface area (Å²) in [5, 5.41) is 3.37. The highest BCUT2D eigenvalue weighted by atomic mass is 19.1. The fourth-order valence-corrected chi connectivity index (χ4v) is 2.52. The van der Waals surface area contributed by atoms with Crippen LogP contribution in [0.4, 0.5) is 10.1 Å². The molecule has 2 nitrogen and oxygen atoms in total. The molecular formula is C14H21FN2. The number of nitrogens with zero attached hydrogens (tertiary/aromatic N) is 1. The predicted molar refractivity (Wildman–Crippen MR) is 68.7 cm³/mol. The van der Waals surface area contributed by atoms with E-state index in [1.165, 1.54) is 31.9 Å². The van der Waals surface area contributed by atoms with Crippen molar-refractivity contribution in [2.24, 2.45) is 5.92 Å². The molecule has 0 amide bonds. The van der Waals surface area contributed by atoms with Gasteiger partial charge in [0.15, 0.2) is 0 Å². The Bertz CT molecular complexity index is 370. The van der Waals surface area contributed by atoms with Crippen molar-refractivity contribution in [2.45, 2.75) is 45.4 Å². The minimum Gasteiger partial charge on any atom is -0.383 e. The first-order chi connectivity index (χ1) is 8.16. The largest absolute Gasteiger partial charge is 0.383 e. The van der Waals surface area contributed by atoms with Crippen molar-refractivity contribution in [2.75, 3.05) is 11.9 Å². The van der Waals surface area contributed by atoms with E-state index in [0.717, 1.165) is 23.8 Å². The summed E-state index contributed by atoms with van der Waals surface area (Å²) < 4.78 is 13.2. The summed E-state index contributed by atoms with van der Waals surface area (Å²) in [6, 6.07) is 1.57. The number of hydrogen-bond acceptors (Lipinski definition) is 2. The normalized spacial score (nSPS) is 16.7. The topological polar surface area (TPSA) is 24.9 Å². The van der Waals surface area contributed by atoms with Crippen LogP contribution in [0.3, 0.4) is 0 Å². The van der Waals surface area contributed by atoms with E-state index in [0.29, 0.717) is 5.92 Å². The highest BCUT2D eigenvalue weighted by molar-refractivity contribution is 5.49. The van der Waals surface area contributed by atoms with Crippen molar-refractivity contribution >= 4 is 5.69 Å². The van der Waals surface area contributed by atoms with Crippen molar-refractivity contribution in [3.05, 3.63) is 23.8 Å². The van der Waals surface area contributed by atoms with Gasteiger partial charge in [0.05, 0.1) is 17.6 Å². The van der Waals surface area contributed by atoms with Gasteiger partial charge in [-0.05, 0) is 24.7 Å². The quantitative estimate of drug-likeness (QED) is 0.856. The molecule has 1 fully saturated rings. The van der Waals surface area contributed by atoms with Crippen molar-refractivity contribution in [3.63, 3.8) is 0 Å². The van der Waals surface area contributed by atoms with E-state index in [2.05, 4.69) is 24.1 Å². The van der Waals surface area contributed by atoms with Gasteiger partial charge in [0.1, 0.15) is 5.82 Å². The van der Waals surface area contributed by atoms with Gasteiger partial charge in [0.25, 0.3) is 0 Å². The van der Waals surface area contributed by atoms with Gasteiger partial charge < -0.3 is 5.32 Å². The van der Waals surface area contributed by atoms with Gasteiger partial charge >= 0.3 is 0 Å². The van der Waals surface area contributed by atoms with Gasteiger partial charge in [0, 0.05) is 12.6 Å². The zero-order valence-electron chi connectivity index (χ0n) is 10.7. The van der Waals surface area contributed by atoms with Crippen LogP contribution < -0.4 is 5.32 Å². The van der Waals surface area contributed by atoms with Gasteiger partial charge in [0.2, 0.25) is 0 Å². The lowest BCUT2D eigenvalue weighted by Gasteiger charge is -2.16. The average Bonchev–Trinajstić information content (AvgIpc) is 2.78. The molecule has 1 aliphatic rings. The van der Waals surface area contributed by atoms with E-state index >= 15 is 0 Å². The molecule has 1 aliphatic carbocycles. The summed E-state index contributed by atoms with van der Waals surface area (Å²) in [6.07, 6.45) is 6.57. The Labute approximate surface area is 103 Å². The summed E-state index contributed by atoms with van der Waals surface area (Å²) in [5.74, 6) is 0.809. The Morgan fingerprint density at radius 1 is 1.41 bits per heavy atom. The van der Waals surface area contributed by atoms with Gasteiger partial charge in [-0.2, -0.15) is 0 Å². The van der Waals surface area contributed by atoms with Crippen molar-refractivity contribution in [1.82, 2.24) is 4.98 Å². The van der Waals surface area contributed by atoms with E-state index in [1.807, 2.05) is 0 Å². The summed E-state index contributed by atoms with van der Waals surface area (Å²) >= 11 is 0. The van der Waals surface area contributed by atoms with Crippen LogP contribution in [-0.2, 0) is 0 Å². The molecule has 0 aromatic carbocycles. The zero-order valence-corrected chi connectivity index (χ0v) is 10.7. The van der Waals surface area contributed by atoms with Crippen LogP contribution in [0.15, 0.2) is 12.3 Å². The lowest BCUT2D eigenvalue weighted by molar-refractivity contribution is 0.577. The van der Waals surface area contributed by atoms with Gasteiger partial charge in [-0.3, -0.25) is 4.98 Å². The van der Waals surface area contributed by atoms with E-state index in [1.54, 1.807) is 6.07 Å². The average molecular weight is 236 g/mol. The lowest BCUT2D eigenvalue weighted by atomic mass is 10.1. The number of aromatic nitrogens is 1. The Balaban J connectivity index is 2.04. The molecule has 3 heteroatoms.